The summed E-state index contributed by atoms with van der Waals surface area (Å²) in [6, 6.07) is 11.8. The first-order valence-electron chi connectivity index (χ1n) is 10.7. The lowest BCUT2D eigenvalue weighted by Crippen LogP contribution is -2.37. The molecule has 2 N–H and O–H groups in total. The number of benzene rings is 2. The molecule has 3 aromatic rings. The first kappa shape index (κ1) is 21.2. The fraction of sp³-hybridized carbons (Fsp3) is 0.417. The van der Waals surface area contributed by atoms with Crippen LogP contribution in [0.15, 0.2) is 36.4 Å². The number of para-hydroxylation sites is 1. The zero-order valence-electron chi connectivity index (χ0n) is 18.4. The third-order valence-corrected chi connectivity index (χ3v) is 5.81. The summed E-state index contributed by atoms with van der Waals surface area (Å²) >= 11 is 0. The molecule has 1 aliphatic heterocycles. The number of likely N-dealkylation sites (tertiary alicyclic amines) is 1. The number of aromatic nitrogens is 2. The van der Waals surface area contributed by atoms with Gasteiger partial charge in [0, 0.05) is 23.9 Å². The van der Waals surface area contributed by atoms with E-state index >= 15 is 0 Å². The lowest BCUT2D eigenvalue weighted by Gasteiger charge is -2.32. The molecule has 164 valence electrons. The number of methoxy groups -OCH3 is 2. The second-order valence-corrected chi connectivity index (χ2v) is 8.07. The maximum Gasteiger partial charge on any atom is 0.162 e. The Bertz CT molecular complexity index is 1060. The Kier molecular flexibility index (Phi) is 6.42. The fourth-order valence-corrected chi connectivity index (χ4v) is 4.16. The number of aryl methyl sites for hydroxylation is 1. The van der Waals surface area contributed by atoms with Crippen molar-refractivity contribution in [2.75, 3.05) is 39.6 Å². The van der Waals surface area contributed by atoms with E-state index in [-0.39, 0.29) is 0 Å². The summed E-state index contributed by atoms with van der Waals surface area (Å²) in [4.78, 5) is 11.7. The van der Waals surface area contributed by atoms with Crippen LogP contribution in [-0.4, -0.2) is 48.8 Å². The number of rotatable bonds is 7. The summed E-state index contributed by atoms with van der Waals surface area (Å²) in [7, 11) is 3.22. The molecular formula is C24H30N4O3. The molecule has 4 rings (SSSR count). The first-order valence-corrected chi connectivity index (χ1v) is 10.7. The van der Waals surface area contributed by atoms with Crippen LogP contribution in [0.4, 0.5) is 5.82 Å². The molecule has 0 radical (unpaired) electrons. The number of hydrogen-bond acceptors (Lipinski definition) is 7. The summed E-state index contributed by atoms with van der Waals surface area (Å²) in [6.45, 7) is 5.44. The molecule has 7 heteroatoms. The number of fused-ring (bicyclic) bond motifs is 1. The topological polar surface area (TPSA) is 82.7 Å². The Morgan fingerprint density at radius 2 is 1.84 bits per heavy atom. The van der Waals surface area contributed by atoms with E-state index in [0.29, 0.717) is 29.8 Å². The molecule has 2 heterocycles. The van der Waals surface area contributed by atoms with Crippen molar-refractivity contribution in [3.63, 3.8) is 0 Å². The largest absolute Gasteiger partial charge is 0.493 e. The van der Waals surface area contributed by atoms with Gasteiger partial charge in [-0.05, 0) is 44.0 Å². The highest BCUT2D eigenvalue weighted by Gasteiger charge is 2.22. The molecule has 1 atom stereocenters. The van der Waals surface area contributed by atoms with Crippen LogP contribution in [0.5, 0.6) is 17.2 Å². The Balaban J connectivity index is 1.45. The summed E-state index contributed by atoms with van der Waals surface area (Å²) in [5.74, 6) is 3.87. The van der Waals surface area contributed by atoms with Gasteiger partial charge >= 0.3 is 0 Å². The normalized spacial score (nSPS) is 16.9. The van der Waals surface area contributed by atoms with Gasteiger partial charge in [-0.15, -0.1) is 0 Å². The van der Waals surface area contributed by atoms with Gasteiger partial charge < -0.3 is 19.9 Å². The molecular weight excluding hydrogens is 392 g/mol. The summed E-state index contributed by atoms with van der Waals surface area (Å²) in [6.07, 6.45) is 2.30. The van der Waals surface area contributed by atoms with Crippen molar-refractivity contribution in [2.24, 2.45) is 5.92 Å². The fourth-order valence-electron chi connectivity index (χ4n) is 4.16. The molecule has 0 bridgehead atoms. The minimum atomic E-state index is 0.456. The molecule has 1 aromatic heterocycles. The second-order valence-electron chi connectivity index (χ2n) is 8.07. The summed E-state index contributed by atoms with van der Waals surface area (Å²) in [5.41, 5.74) is 8.17. The van der Waals surface area contributed by atoms with Crippen LogP contribution >= 0.6 is 0 Å². The van der Waals surface area contributed by atoms with E-state index in [2.05, 4.69) is 22.9 Å². The van der Waals surface area contributed by atoms with Gasteiger partial charge in [0.2, 0.25) is 0 Å². The molecule has 31 heavy (non-hydrogen) atoms. The van der Waals surface area contributed by atoms with Crippen LogP contribution in [0, 0.1) is 12.8 Å². The van der Waals surface area contributed by atoms with Crippen molar-refractivity contribution < 1.29 is 14.2 Å². The lowest BCUT2D eigenvalue weighted by atomic mass is 9.99. The number of nitrogen functional groups attached to an aromatic ring is 1. The third-order valence-electron chi connectivity index (χ3n) is 5.81. The van der Waals surface area contributed by atoms with Crippen LogP contribution < -0.4 is 19.9 Å². The minimum Gasteiger partial charge on any atom is -0.493 e. The zero-order valence-corrected chi connectivity index (χ0v) is 18.4. The van der Waals surface area contributed by atoms with Gasteiger partial charge in [0.25, 0.3) is 0 Å². The van der Waals surface area contributed by atoms with Crippen molar-refractivity contribution >= 4 is 16.7 Å². The maximum atomic E-state index is 6.24. The van der Waals surface area contributed by atoms with Gasteiger partial charge in [0.1, 0.15) is 17.4 Å². The van der Waals surface area contributed by atoms with Crippen LogP contribution in [0.25, 0.3) is 10.9 Å². The first-order chi connectivity index (χ1) is 15.1. The zero-order chi connectivity index (χ0) is 21.8. The van der Waals surface area contributed by atoms with Gasteiger partial charge in [0.05, 0.1) is 32.9 Å². The maximum absolute atomic E-state index is 6.24. The highest BCUT2D eigenvalue weighted by molar-refractivity contribution is 5.90. The number of piperidine rings is 1. The Labute approximate surface area is 183 Å². The number of hydrogen-bond donors (Lipinski definition) is 1. The second kappa shape index (κ2) is 9.39. The Morgan fingerprint density at radius 3 is 2.61 bits per heavy atom. The quantitative estimate of drug-likeness (QED) is 0.620. The SMILES string of the molecule is COc1cc2nc(CN3CCCC(COc4ccccc4C)C3)nc(N)c2cc1OC. The standard InChI is InChI=1S/C24H30N4O3/c1-16-7-4-5-9-20(16)31-15-17-8-6-10-28(13-17)14-23-26-19-12-22(30-3)21(29-2)11-18(19)24(25)27-23/h4-5,7,9,11-12,17H,6,8,10,13-15H2,1-3H3,(H2,25,26,27). The van der Waals surface area contributed by atoms with Crippen molar-refractivity contribution in [1.29, 1.82) is 0 Å². The van der Waals surface area contributed by atoms with E-state index in [4.69, 9.17) is 24.9 Å². The van der Waals surface area contributed by atoms with E-state index in [1.807, 2.05) is 30.3 Å². The molecule has 1 aliphatic rings. The van der Waals surface area contributed by atoms with E-state index < -0.39 is 0 Å². The van der Waals surface area contributed by atoms with E-state index in [9.17, 15) is 0 Å². The smallest absolute Gasteiger partial charge is 0.162 e. The Hall–Kier alpha value is -3.06. The summed E-state index contributed by atoms with van der Waals surface area (Å²) in [5, 5.41) is 0.768. The molecule has 0 aliphatic carbocycles. The monoisotopic (exact) mass is 422 g/mol. The average molecular weight is 423 g/mol. The molecule has 7 nitrogen and oxygen atoms in total. The third kappa shape index (κ3) is 4.82. The lowest BCUT2D eigenvalue weighted by molar-refractivity contribution is 0.123. The van der Waals surface area contributed by atoms with Crippen molar-refractivity contribution in [2.45, 2.75) is 26.3 Å². The van der Waals surface area contributed by atoms with Gasteiger partial charge in [-0.3, -0.25) is 4.90 Å². The van der Waals surface area contributed by atoms with Gasteiger partial charge in [-0.25, -0.2) is 9.97 Å². The number of nitrogens with zero attached hydrogens (tertiary/aromatic N) is 3. The summed E-state index contributed by atoms with van der Waals surface area (Å²) < 4.78 is 16.9. The average Bonchev–Trinajstić information content (AvgIpc) is 2.78. The van der Waals surface area contributed by atoms with Crippen molar-refractivity contribution in [3.05, 3.63) is 47.8 Å². The van der Waals surface area contributed by atoms with Gasteiger partial charge in [-0.2, -0.15) is 0 Å². The Morgan fingerprint density at radius 1 is 1.06 bits per heavy atom. The molecule has 0 saturated carbocycles. The van der Waals surface area contributed by atoms with Crippen molar-refractivity contribution in [1.82, 2.24) is 14.9 Å². The predicted molar refractivity (Wildman–Crippen MR) is 122 cm³/mol. The molecule has 1 unspecified atom stereocenters. The van der Waals surface area contributed by atoms with E-state index in [1.54, 1.807) is 14.2 Å². The molecule has 0 spiro atoms. The molecule has 2 aromatic carbocycles. The highest BCUT2D eigenvalue weighted by Crippen LogP contribution is 2.33. The number of nitrogens with two attached hydrogens (primary N) is 1. The van der Waals surface area contributed by atoms with Crippen LogP contribution in [0.2, 0.25) is 0 Å². The van der Waals surface area contributed by atoms with Gasteiger partial charge in [-0.1, -0.05) is 18.2 Å². The molecule has 1 saturated heterocycles. The number of anilines is 1. The van der Waals surface area contributed by atoms with Gasteiger partial charge in [0.15, 0.2) is 11.5 Å². The van der Waals surface area contributed by atoms with Crippen LogP contribution in [-0.2, 0) is 6.54 Å². The van der Waals surface area contributed by atoms with Crippen LogP contribution in [0.1, 0.15) is 24.2 Å². The van der Waals surface area contributed by atoms with Crippen molar-refractivity contribution in [3.8, 4) is 17.2 Å². The van der Waals surface area contributed by atoms with E-state index in [1.165, 1.54) is 12.0 Å². The molecule has 1 fully saturated rings. The highest BCUT2D eigenvalue weighted by atomic mass is 16.5. The van der Waals surface area contributed by atoms with E-state index in [0.717, 1.165) is 48.6 Å². The minimum absolute atomic E-state index is 0.456. The predicted octanol–water partition coefficient (Wildman–Crippen LogP) is 3.83. The molecule has 0 amide bonds. The number of ether oxygens (including phenoxy) is 3. The van der Waals surface area contributed by atoms with Crippen LogP contribution in [0.3, 0.4) is 0 Å².